The minimum absolute atomic E-state index is 0.0134. The summed E-state index contributed by atoms with van der Waals surface area (Å²) in [5, 5.41) is 15.9. The predicted molar refractivity (Wildman–Crippen MR) is 106 cm³/mol. The molecule has 1 amide bonds. The fraction of sp³-hybridized carbons (Fsp3) is 0.261. The van der Waals surface area contributed by atoms with E-state index in [4.69, 9.17) is 4.74 Å². The summed E-state index contributed by atoms with van der Waals surface area (Å²) in [7, 11) is 0. The van der Waals surface area contributed by atoms with Gasteiger partial charge in [-0.15, -0.1) is 0 Å². The molecule has 1 atom stereocenters. The molecule has 0 aromatic heterocycles. The van der Waals surface area contributed by atoms with Gasteiger partial charge in [-0.2, -0.15) is 0 Å². The quantitative estimate of drug-likeness (QED) is 0.733. The summed E-state index contributed by atoms with van der Waals surface area (Å²) < 4.78 is 5.38. The van der Waals surface area contributed by atoms with Crippen molar-refractivity contribution in [2.45, 2.75) is 18.9 Å². The molecule has 138 valence electrons. The van der Waals surface area contributed by atoms with Gasteiger partial charge in [-0.25, -0.2) is 0 Å². The van der Waals surface area contributed by atoms with Crippen molar-refractivity contribution in [3.8, 4) is 5.75 Å². The summed E-state index contributed by atoms with van der Waals surface area (Å²) in [6.07, 6.45) is 1.46. The molecule has 1 aliphatic heterocycles. The summed E-state index contributed by atoms with van der Waals surface area (Å²) in [5.74, 6) is 0.149. The normalized spacial score (nSPS) is 16.1. The zero-order valence-electron chi connectivity index (χ0n) is 15.1. The maximum absolute atomic E-state index is 13.0. The van der Waals surface area contributed by atoms with E-state index in [0.717, 1.165) is 34.7 Å². The maximum atomic E-state index is 13.0. The molecule has 1 unspecified atom stereocenters. The van der Waals surface area contributed by atoms with Gasteiger partial charge in [-0.3, -0.25) is 4.79 Å². The number of rotatable bonds is 4. The van der Waals surface area contributed by atoms with Gasteiger partial charge in [0.05, 0.1) is 6.04 Å². The van der Waals surface area contributed by atoms with Gasteiger partial charge in [0, 0.05) is 24.7 Å². The van der Waals surface area contributed by atoms with Crippen molar-refractivity contribution in [3.63, 3.8) is 0 Å². The number of aromatic hydroxyl groups is 1. The van der Waals surface area contributed by atoms with E-state index in [0.29, 0.717) is 13.2 Å². The number of carbonyl (C=O) groups is 1. The Balaban J connectivity index is 1.77. The third-order valence-electron chi connectivity index (χ3n) is 5.25. The van der Waals surface area contributed by atoms with Gasteiger partial charge in [0.25, 0.3) is 0 Å². The van der Waals surface area contributed by atoms with Crippen molar-refractivity contribution < 1.29 is 14.6 Å². The molecule has 4 heteroatoms. The molecule has 0 bridgehead atoms. The number of phenols is 1. The molecule has 0 spiro atoms. The molecule has 0 aliphatic carbocycles. The molecule has 0 saturated carbocycles. The molecule has 1 saturated heterocycles. The highest BCUT2D eigenvalue weighted by molar-refractivity contribution is 5.89. The molecule has 27 heavy (non-hydrogen) atoms. The summed E-state index contributed by atoms with van der Waals surface area (Å²) in [6, 6.07) is 20.9. The molecule has 1 aliphatic rings. The monoisotopic (exact) mass is 361 g/mol. The van der Waals surface area contributed by atoms with Crippen LogP contribution < -0.4 is 5.32 Å². The summed E-state index contributed by atoms with van der Waals surface area (Å²) in [6.45, 7) is 1.24. The van der Waals surface area contributed by atoms with Crippen LogP contribution in [0.3, 0.4) is 0 Å². The van der Waals surface area contributed by atoms with E-state index in [-0.39, 0.29) is 17.6 Å². The van der Waals surface area contributed by atoms with Crippen molar-refractivity contribution in [2.24, 2.45) is 5.92 Å². The van der Waals surface area contributed by atoms with Crippen molar-refractivity contribution >= 4 is 16.7 Å². The highest BCUT2D eigenvalue weighted by atomic mass is 16.5. The van der Waals surface area contributed by atoms with Crippen molar-refractivity contribution in [1.29, 1.82) is 0 Å². The molecule has 2 N–H and O–H groups in total. The number of amides is 1. The second-order valence-corrected chi connectivity index (χ2v) is 6.96. The third kappa shape index (κ3) is 3.67. The molecule has 1 fully saturated rings. The molecule has 4 nitrogen and oxygen atoms in total. The fourth-order valence-electron chi connectivity index (χ4n) is 3.78. The number of hydrogen-bond donors (Lipinski definition) is 2. The first-order valence-electron chi connectivity index (χ1n) is 9.37. The minimum atomic E-state index is -0.410. The Labute approximate surface area is 158 Å². The number of fused-ring (bicyclic) bond motifs is 1. The second kappa shape index (κ2) is 7.80. The van der Waals surface area contributed by atoms with Crippen LogP contribution in [0, 0.1) is 5.92 Å². The molecular formula is C23H23NO3. The summed E-state index contributed by atoms with van der Waals surface area (Å²) >= 11 is 0. The van der Waals surface area contributed by atoms with E-state index in [1.807, 2.05) is 60.7 Å². The van der Waals surface area contributed by atoms with Gasteiger partial charge < -0.3 is 15.2 Å². The third-order valence-corrected chi connectivity index (χ3v) is 5.25. The first-order chi connectivity index (χ1) is 13.2. The van der Waals surface area contributed by atoms with Crippen molar-refractivity contribution in [1.82, 2.24) is 5.32 Å². The average Bonchev–Trinajstić information content (AvgIpc) is 2.73. The molecule has 4 rings (SSSR count). The molecule has 1 heterocycles. The summed E-state index contributed by atoms with van der Waals surface area (Å²) in [5.41, 5.74) is 1.68. The van der Waals surface area contributed by atoms with Gasteiger partial charge >= 0.3 is 0 Å². The lowest BCUT2D eigenvalue weighted by Crippen LogP contribution is -2.37. The number of ether oxygens (including phenoxy) is 1. The highest BCUT2D eigenvalue weighted by Gasteiger charge is 2.27. The lowest BCUT2D eigenvalue weighted by atomic mass is 9.91. The van der Waals surface area contributed by atoms with Crippen LogP contribution in [-0.4, -0.2) is 24.2 Å². The second-order valence-electron chi connectivity index (χ2n) is 6.96. The Kier molecular flexibility index (Phi) is 5.07. The lowest BCUT2D eigenvalue weighted by Gasteiger charge is -2.27. The van der Waals surface area contributed by atoms with Crippen LogP contribution in [0.1, 0.15) is 30.0 Å². The van der Waals surface area contributed by atoms with Crippen molar-refractivity contribution in [3.05, 3.63) is 77.9 Å². The van der Waals surface area contributed by atoms with Crippen LogP contribution >= 0.6 is 0 Å². The molecule has 3 aromatic rings. The molecular weight excluding hydrogens is 338 g/mol. The van der Waals surface area contributed by atoms with E-state index in [1.165, 1.54) is 0 Å². The van der Waals surface area contributed by atoms with E-state index in [1.54, 1.807) is 6.07 Å². The predicted octanol–water partition coefficient (Wildman–Crippen LogP) is 4.18. The van der Waals surface area contributed by atoms with Gasteiger partial charge in [0.2, 0.25) is 5.91 Å². The lowest BCUT2D eigenvalue weighted by molar-refractivity contribution is -0.128. The topological polar surface area (TPSA) is 58.6 Å². The Morgan fingerprint density at radius 1 is 0.963 bits per heavy atom. The summed E-state index contributed by atoms with van der Waals surface area (Å²) in [4.78, 5) is 13.0. The van der Waals surface area contributed by atoms with E-state index >= 15 is 0 Å². The Hall–Kier alpha value is -2.85. The molecule has 3 aromatic carbocycles. The fourth-order valence-corrected chi connectivity index (χ4v) is 3.78. The Bertz CT molecular complexity index is 933. The van der Waals surface area contributed by atoms with Crippen molar-refractivity contribution in [2.75, 3.05) is 13.2 Å². The standard InChI is InChI=1S/C23H23NO3/c25-20-11-10-16-6-4-5-9-19(16)21(20)22(17-7-2-1-3-8-17)24-23(26)18-12-14-27-15-13-18/h1-11,18,22,25H,12-15H2,(H,24,26). The SMILES string of the molecule is O=C(NC(c1ccccc1)c1c(O)ccc2ccccc12)C1CCOCC1. The van der Waals surface area contributed by atoms with Crippen LogP contribution in [0.4, 0.5) is 0 Å². The first-order valence-corrected chi connectivity index (χ1v) is 9.37. The highest BCUT2D eigenvalue weighted by Crippen LogP contribution is 2.36. The number of phenolic OH excluding ortho intramolecular Hbond substituents is 1. The van der Waals surface area contributed by atoms with Gasteiger partial charge in [0.1, 0.15) is 5.75 Å². The smallest absolute Gasteiger partial charge is 0.224 e. The van der Waals surface area contributed by atoms with Crippen LogP contribution in [0.5, 0.6) is 5.75 Å². The van der Waals surface area contributed by atoms with E-state index in [9.17, 15) is 9.90 Å². The molecule has 0 radical (unpaired) electrons. The van der Waals surface area contributed by atoms with Gasteiger partial charge in [-0.05, 0) is 35.2 Å². The number of benzene rings is 3. The number of nitrogens with one attached hydrogen (secondary N) is 1. The Morgan fingerprint density at radius 3 is 2.44 bits per heavy atom. The largest absolute Gasteiger partial charge is 0.508 e. The van der Waals surface area contributed by atoms with E-state index < -0.39 is 6.04 Å². The number of carbonyl (C=O) groups excluding carboxylic acids is 1. The van der Waals surface area contributed by atoms with Crippen LogP contribution in [0.25, 0.3) is 10.8 Å². The van der Waals surface area contributed by atoms with Crippen LogP contribution in [0.15, 0.2) is 66.7 Å². The van der Waals surface area contributed by atoms with Gasteiger partial charge in [-0.1, -0.05) is 60.7 Å². The van der Waals surface area contributed by atoms with Crippen LogP contribution in [-0.2, 0) is 9.53 Å². The van der Waals surface area contributed by atoms with Gasteiger partial charge in [0.15, 0.2) is 0 Å². The minimum Gasteiger partial charge on any atom is -0.508 e. The maximum Gasteiger partial charge on any atom is 0.224 e. The van der Waals surface area contributed by atoms with E-state index in [2.05, 4.69) is 5.32 Å². The first kappa shape index (κ1) is 17.6. The number of hydrogen-bond acceptors (Lipinski definition) is 3. The van der Waals surface area contributed by atoms with Crippen LogP contribution in [0.2, 0.25) is 0 Å². The zero-order valence-corrected chi connectivity index (χ0v) is 15.1. The zero-order chi connectivity index (χ0) is 18.6. The average molecular weight is 361 g/mol. The Morgan fingerprint density at radius 2 is 1.67 bits per heavy atom.